The standard InChI is InChI=1S/C17H24N2O2/c1-12-4-3-5-13(2)17(12)21-11-16(20)19-9-8-14-6-7-15(10-19)18-14/h3-5,14-15,18H,6-11H2,1-2H3. The van der Waals surface area contributed by atoms with Crippen molar-refractivity contribution in [3.05, 3.63) is 29.3 Å². The molecule has 1 aromatic carbocycles. The first kappa shape index (κ1) is 14.4. The van der Waals surface area contributed by atoms with Gasteiger partial charge in [0.1, 0.15) is 5.75 Å². The van der Waals surface area contributed by atoms with E-state index in [-0.39, 0.29) is 12.5 Å². The third-order valence-electron chi connectivity index (χ3n) is 4.62. The number of hydrogen-bond acceptors (Lipinski definition) is 3. The number of ether oxygens (including phenoxy) is 1. The smallest absolute Gasteiger partial charge is 0.260 e. The average molecular weight is 288 g/mol. The summed E-state index contributed by atoms with van der Waals surface area (Å²) in [6.07, 6.45) is 3.50. The summed E-state index contributed by atoms with van der Waals surface area (Å²) in [6.45, 7) is 5.85. The third kappa shape index (κ3) is 3.21. The summed E-state index contributed by atoms with van der Waals surface area (Å²) < 4.78 is 5.79. The summed E-state index contributed by atoms with van der Waals surface area (Å²) in [5.74, 6) is 0.951. The van der Waals surface area contributed by atoms with Crippen molar-refractivity contribution in [1.82, 2.24) is 10.2 Å². The fourth-order valence-electron chi connectivity index (χ4n) is 3.42. The fraction of sp³-hybridized carbons (Fsp3) is 0.588. The monoisotopic (exact) mass is 288 g/mol. The molecule has 2 unspecified atom stereocenters. The Balaban J connectivity index is 1.59. The number of hydrogen-bond donors (Lipinski definition) is 1. The number of nitrogens with one attached hydrogen (secondary N) is 1. The van der Waals surface area contributed by atoms with Crippen molar-refractivity contribution < 1.29 is 9.53 Å². The largest absolute Gasteiger partial charge is 0.483 e. The number of benzene rings is 1. The van der Waals surface area contributed by atoms with Crippen molar-refractivity contribution in [2.45, 2.75) is 45.2 Å². The molecule has 2 bridgehead atoms. The normalized spacial score (nSPS) is 24.8. The second kappa shape index (κ2) is 6.06. The van der Waals surface area contributed by atoms with E-state index in [1.807, 2.05) is 36.9 Å². The summed E-state index contributed by atoms with van der Waals surface area (Å²) in [4.78, 5) is 14.4. The number of aryl methyl sites for hydroxylation is 2. The number of rotatable bonds is 3. The summed E-state index contributed by atoms with van der Waals surface area (Å²) in [5.41, 5.74) is 2.17. The molecule has 0 spiro atoms. The van der Waals surface area contributed by atoms with E-state index in [1.165, 1.54) is 12.8 Å². The average Bonchev–Trinajstić information content (AvgIpc) is 2.77. The number of para-hydroxylation sites is 1. The van der Waals surface area contributed by atoms with Gasteiger partial charge in [-0.1, -0.05) is 18.2 Å². The first-order valence-electron chi connectivity index (χ1n) is 7.86. The molecule has 2 atom stereocenters. The zero-order chi connectivity index (χ0) is 14.8. The Labute approximate surface area is 126 Å². The molecule has 1 aromatic rings. The lowest BCUT2D eigenvalue weighted by Crippen LogP contribution is -2.41. The molecule has 1 amide bonds. The molecule has 0 saturated carbocycles. The number of likely N-dealkylation sites (tertiary alicyclic amines) is 1. The van der Waals surface area contributed by atoms with Crippen molar-refractivity contribution in [2.75, 3.05) is 19.7 Å². The van der Waals surface area contributed by atoms with Gasteiger partial charge in [-0.15, -0.1) is 0 Å². The molecule has 1 N–H and O–H groups in total. The maximum atomic E-state index is 12.4. The van der Waals surface area contributed by atoms with E-state index in [0.717, 1.165) is 36.4 Å². The lowest BCUT2D eigenvalue weighted by Gasteiger charge is -2.24. The molecular weight excluding hydrogens is 264 g/mol. The van der Waals surface area contributed by atoms with Crippen LogP contribution in [0.4, 0.5) is 0 Å². The highest BCUT2D eigenvalue weighted by Gasteiger charge is 2.31. The van der Waals surface area contributed by atoms with Crippen molar-refractivity contribution in [2.24, 2.45) is 0 Å². The second-order valence-corrected chi connectivity index (χ2v) is 6.28. The number of carbonyl (C=O) groups is 1. The SMILES string of the molecule is Cc1cccc(C)c1OCC(=O)N1CCC2CCC(C1)N2. The molecule has 4 heteroatoms. The van der Waals surface area contributed by atoms with E-state index in [9.17, 15) is 4.79 Å². The molecule has 0 aromatic heterocycles. The van der Waals surface area contributed by atoms with Gasteiger partial charge in [-0.2, -0.15) is 0 Å². The van der Waals surface area contributed by atoms with Gasteiger partial charge in [-0.05, 0) is 44.2 Å². The van der Waals surface area contributed by atoms with Gasteiger partial charge in [0, 0.05) is 25.2 Å². The molecule has 2 heterocycles. The molecule has 0 aliphatic carbocycles. The van der Waals surface area contributed by atoms with E-state index >= 15 is 0 Å². The fourth-order valence-corrected chi connectivity index (χ4v) is 3.42. The highest BCUT2D eigenvalue weighted by atomic mass is 16.5. The van der Waals surface area contributed by atoms with Crippen molar-refractivity contribution in [1.29, 1.82) is 0 Å². The quantitative estimate of drug-likeness (QED) is 0.925. The van der Waals surface area contributed by atoms with E-state index in [1.54, 1.807) is 0 Å². The molecule has 3 rings (SSSR count). The summed E-state index contributed by atoms with van der Waals surface area (Å²) in [5, 5.41) is 3.59. The maximum Gasteiger partial charge on any atom is 0.260 e. The Bertz CT molecular complexity index is 509. The van der Waals surface area contributed by atoms with Gasteiger partial charge in [-0.25, -0.2) is 0 Å². The Morgan fingerprint density at radius 3 is 2.71 bits per heavy atom. The zero-order valence-electron chi connectivity index (χ0n) is 12.9. The van der Waals surface area contributed by atoms with Gasteiger partial charge in [0.05, 0.1) is 0 Å². The summed E-state index contributed by atoms with van der Waals surface area (Å²) in [6, 6.07) is 7.12. The van der Waals surface area contributed by atoms with Crippen molar-refractivity contribution >= 4 is 5.91 Å². The number of fused-ring (bicyclic) bond motifs is 2. The number of amides is 1. The summed E-state index contributed by atoms with van der Waals surface area (Å²) in [7, 11) is 0. The molecule has 114 valence electrons. The molecule has 4 nitrogen and oxygen atoms in total. The molecule has 2 aliphatic rings. The van der Waals surface area contributed by atoms with E-state index in [0.29, 0.717) is 12.1 Å². The first-order chi connectivity index (χ1) is 10.1. The van der Waals surface area contributed by atoms with Crippen LogP contribution < -0.4 is 10.1 Å². The van der Waals surface area contributed by atoms with E-state index in [4.69, 9.17) is 4.74 Å². The number of nitrogens with zero attached hydrogens (tertiary/aromatic N) is 1. The van der Waals surface area contributed by atoms with Gasteiger partial charge in [0.2, 0.25) is 0 Å². The minimum absolute atomic E-state index is 0.104. The lowest BCUT2D eigenvalue weighted by molar-refractivity contribution is -0.133. The molecule has 2 saturated heterocycles. The van der Waals surface area contributed by atoms with Crippen LogP contribution in [0.3, 0.4) is 0 Å². The zero-order valence-corrected chi connectivity index (χ0v) is 12.9. The third-order valence-corrected chi connectivity index (χ3v) is 4.62. The maximum absolute atomic E-state index is 12.4. The topological polar surface area (TPSA) is 41.6 Å². The van der Waals surface area contributed by atoms with Gasteiger partial charge >= 0.3 is 0 Å². The first-order valence-corrected chi connectivity index (χ1v) is 7.86. The Hall–Kier alpha value is -1.55. The van der Waals surface area contributed by atoms with Crippen LogP contribution in [-0.2, 0) is 4.79 Å². The Morgan fingerprint density at radius 2 is 1.95 bits per heavy atom. The summed E-state index contributed by atoms with van der Waals surface area (Å²) >= 11 is 0. The minimum atomic E-state index is 0.104. The minimum Gasteiger partial charge on any atom is -0.483 e. The highest BCUT2D eigenvalue weighted by molar-refractivity contribution is 5.78. The van der Waals surface area contributed by atoms with Crippen LogP contribution in [0.1, 0.15) is 30.4 Å². The molecule has 2 aliphatic heterocycles. The van der Waals surface area contributed by atoms with E-state index in [2.05, 4.69) is 5.32 Å². The van der Waals surface area contributed by atoms with Crippen LogP contribution in [-0.4, -0.2) is 42.6 Å². The predicted molar refractivity (Wildman–Crippen MR) is 82.6 cm³/mol. The predicted octanol–water partition coefficient (Wildman–Crippen LogP) is 2.04. The molecule has 0 radical (unpaired) electrons. The van der Waals surface area contributed by atoms with Crippen LogP contribution >= 0.6 is 0 Å². The van der Waals surface area contributed by atoms with Crippen LogP contribution in [0, 0.1) is 13.8 Å². The Morgan fingerprint density at radius 1 is 1.24 bits per heavy atom. The van der Waals surface area contributed by atoms with Crippen LogP contribution in [0.15, 0.2) is 18.2 Å². The van der Waals surface area contributed by atoms with Gasteiger partial charge < -0.3 is 15.0 Å². The number of carbonyl (C=O) groups excluding carboxylic acids is 1. The second-order valence-electron chi connectivity index (χ2n) is 6.28. The Kier molecular flexibility index (Phi) is 4.15. The molecule has 21 heavy (non-hydrogen) atoms. The van der Waals surface area contributed by atoms with Gasteiger partial charge in [-0.3, -0.25) is 4.79 Å². The lowest BCUT2D eigenvalue weighted by atomic mass is 10.1. The molecule has 2 fully saturated rings. The van der Waals surface area contributed by atoms with E-state index < -0.39 is 0 Å². The highest BCUT2D eigenvalue weighted by Crippen LogP contribution is 2.23. The van der Waals surface area contributed by atoms with Gasteiger partial charge in [0.15, 0.2) is 6.61 Å². The van der Waals surface area contributed by atoms with Crippen LogP contribution in [0.2, 0.25) is 0 Å². The van der Waals surface area contributed by atoms with Crippen LogP contribution in [0.5, 0.6) is 5.75 Å². The van der Waals surface area contributed by atoms with Crippen LogP contribution in [0.25, 0.3) is 0 Å². The van der Waals surface area contributed by atoms with Gasteiger partial charge in [0.25, 0.3) is 5.91 Å². The van der Waals surface area contributed by atoms with Crippen molar-refractivity contribution in [3.8, 4) is 5.75 Å². The molecular formula is C17H24N2O2. The van der Waals surface area contributed by atoms with Crippen molar-refractivity contribution in [3.63, 3.8) is 0 Å².